The first-order chi connectivity index (χ1) is 9.41. The standard InChI is InChI=1S/C14H21NO4S/c1-3-8-18-14-12(15)9-13(14)19-10-4-6-11(7-5-10)20(2,16)17/h4-7,12-14H,3,8-9,15H2,1-2H3. The third kappa shape index (κ3) is 3.50. The highest BCUT2D eigenvalue weighted by Crippen LogP contribution is 2.28. The van der Waals surface area contributed by atoms with Gasteiger partial charge in [0, 0.05) is 25.3 Å². The maximum Gasteiger partial charge on any atom is 0.175 e. The van der Waals surface area contributed by atoms with Gasteiger partial charge in [0.25, 0.3) is 0 Å². The van der Waals surface area contributed by atoms with E-state index in [1.807, 2.05) is 6.92 Å². The van der Waals surface area contributed by atoms with Crippen LogP contribution in [0.15, 0.2) is 29.2 Å². The van der Waals surface area contributed by atoms with Crippen molar-refractivity contribution in [3.05, 3.63) is 24.3 Å². The van der Waals surface area contributed by atoms with Gasteiger partial charge in [0.2, 0.25) is 0 Å². The third-order valence-corrected chi connectivity index (χ3v) is 4.48. The van der Waals surface area contributed by atoms with Gasteiger partial charge in [0.15, 0.2) is 9.84 Å². The highest BCUT2D eigenvalue weighted by Gasteiger charge is 2.41. The number of hydrogen-bond donors (Lipinski definition) is 1. The summed E-state index contributed by atoms with van der Waals surface area (Å²) in [5.41, 5.74) is 5.90. The summed E-state index contributed by atoms with van der Waals surface area (Å²) in [4.78, 5) is 0.286. The van der Waals surface area contributed by atoms with Gasteiger partial charge in [-0.25, -0.2) is 8.42 Å². The molecule has 0 heterocycles. The van der Waals surface area contributed by atoms with Crippen LogP contribution in [-0.4, -0.2) is 39.5 Å². The molecule has 6 heteroatoms. The first-order valence-corrected chi connectivity index (χ1v) is 8.65. The maximum atomic E-state index is 11.4. The van der Waals surface area contributed by atoms with Crippen molar-refractivity contribution in [3.8, 4) is 5.75 Å². The van der Waals surface area contributed by atoms with Crippen LogP contribution in [0.1, 0.15) is 19.8 Å². The van der Waals surface area contributed by atoms with Gasteiger partial charge in [-0.05, 0) is 30.7 Å². The fourth-order valence-corrected chi connectivity index (χ4v) is 2.79. The summed E-state index contributed by atoms with van der Waals surface area (Å²) in [6.45, 7) is 2.72. The predicted molar refractivity (Wildman–Crippen MR) is 76.6 cm³/mol. The van der Waals surface area contributed by atoms with Crippen LogP contribution >= 0.6 is 0 Å². The first kappa shape index (κ1) is 15.3. The highest BCUT2D eigenvalue weighted by molar-refractivity contribution is 7.90. The minimum atomic E-state index is -3.17. The van der Waals surface area contributed by atoms with Gasteiger partial charge in [-0.3, -0.25) is 0 Å². The van der Waals surface area contributed by atoms with E-state index in [-0.39, 0.29) is 23.1 Å². The van der Waals surface area contributed by atoms with E-state index in [9.17, 15) is 8.42 Å². The second-order valence-corrected chi connectivity index (χ2v) is 7.15. The molecule has 1 aliphatic rings. The average molecular weight is 299 g/mol. The van der Waals surface area contributed by atoms with Crippen LogP contribution in [0.4, 0.5) is 0 Å². The normalized spacial score (nSPS) is 26.1. The molecule has 2 rings (SSSR count). The lowest BCUT2D eigenvalue weighted by Crippen LogP contribution is -2.59. The molecular weight excluding hydrogens is 278 g/mol. The summed E-state index contributed by atoms with van der Waals surface area (Å²) in [6.07, 6.45) is 2.74. The molecule has 1 aromatic carbocycles. The fourth-order valence-electron chi connectivity index (χ4n) is 2.16. The van der Waals surface area contributed by atoms with E-state index in [4.69, 9.17) is 15.2 Å². The molecule has 0 aliphatic heterocycles. The van der Waals surface area contributed by atoms with Crippen LogP contribution in [-0.2, 0) is 14.6 Å². The van der Waals surface area contributed by atoms with Crippen molar-refractivity contribution in [1.82, 2.24) is 0 Å². The number of ether oxygens (including phenoxy) is 2. The minimum Gasteiger partial charge on any atom is -0.488 e. The van der Waals surface area contributed by atoms with Crippen molar-refractivity contribution in [2.45, 2.75) is 42.9 Å². The van der Waals surface area contributed by atoms with Crippen LogP contribution in [0.25, 0.3) is 0 Å². The zero-order chi connectivity index (χ0) is 14.8. The maximum absolute atomic E-state index is 11.4. The van der Waals surface area contributed by atoms with Crippen LogP contribution in [0.3, 0.4) is 0 Å². The Morgan fingerprint density at radius 3 is 2.45 bits per heavy atom. The predicted octanol–water partition coefficient (Wildman–Crippen LogP) is 1.36. The lowest BCUT2D eigenvalue weighted by Gasteiger charge is -2.41. The van der Waals surface area contributed by atoms with Crippen molar-refractivity contribution >= 4 is 9.84 Å². The van der Waals surface area contributed by atoms with Crippen molar-refractivity contribution in [1.29, 1.82) is 0 Å². The molecule has 5 nitrogen and oxygen atoms in total. The van der Waals surface area contributed by atoms with Gasteiger partial charge in [-0.1, -0.05) is 6.92 Å². The monoisotopic (exact) mass is 299 g/mol. The van der Waals surface area contributed by atoms with E-state index in [2.05, 4.69) is 0 Å². The van der Waals surface area contributed by atoms with Gasteiger partial charge in [0.05, 0.1) is 4.90 Å². The lowest BCUT2D eigenvalue weighted by molar-refractivity contribution is -0.0980. The molecule has 1 saturated carbocycles. The Morgan fingerprint density at radius 2 is 1.95 bits per heavy atom. The SMILES string of the molecule is CCCOC1C(N)CC1Oc1ccc(S(C)(=O)=O)cc1. The Labute approximate surface area is 120 Å². The van der Waals surface area contributed by atoms with Gasteiger partial charge < -0.3 is 15.2 Å². The Kier molecular flexibility index (Phi) is 4.67. The first-order valence-electron chi connectivity index (χ1n) is 6.75. The van der Waals surface area contributed by atoms with Crippen LogP contribution < -0.4 is 10.5 Å². The summed E-state index contributed by atoms with van der Waals surface area (Å²) in [6, 6.07) is 6.44. The van der Waals surface area contributed by atoms with Gasteiger partial charge >= 0.3 is 0 Å². The molecule has 0 saturated heterocycles. The molecule has 3 unspecified atom stereocenters. The molecule has 20 heavy (non-hydrogen) atoms. The summed E-state index contributed by atoms with van der Waals surface area (Å²) >= 11 is 0. The largest absolute Gasteiger partial charge is 0.488 e. The Hall–Kier alpha value is -1.11. The Morgan fingerprint density at radius 1 is 1.30 bits per heavy atom. The molecule has 0 bridgehead atoms. The Balaban J connectivity index is 1.97. The van der Waals surface area contributed by atoms with Crippen LogP contribution in [0.2, 0.25) is 0 Å². The molecule has 1 aromatic rings. The van der Waals surface area contributed by atoms with Crippen molar-refractivity contribution in [3.63, 3.8) is 0 Å². The zero-order valence-electron chi connectivity index (χ0n) is 11.8. The van der Waals surface area contributed by atoms with E-state index >= 15 is 0 Å². The minimum absolute atomic E-state index is 0.0156. The van der Waals surface area contributed by atoms with Crippen molar-refractivity contribution < 1.29 is 17.9 Å². The summed E-state index contributed by atoms with van der Waals surface area (Å²) < 4.78 is 34.2. The molecule has 1 fully saturated rings. The molecule has 1 aliphatic carbocycles. The molecule has 0 aromatic heterocycles. The van der Waals surface area contributed by atoms with Gasteiger partial charge in [-0.15, -0.1) is 0 Å². The Bertz CT molecular complexity index is 541. The van der Waals surface area contributed by atoms with E-state index in [1.165, 1.54) is 6.26 Å². The quantitative estimate of drug-likeness (QED) is 0.858. The number of hydrogen-bond acceptors (Lipinski definition) is 5. The molecular formula is C14H21NO4S. The summed E-state index contributed by atoms with van der Waals surface area (Å²) in [5.74, 6) is 0.638. The molecule has 112 valence electrons. The number of nitrogens with two attached hydrogens (primary N) is 1. The van der Waals surface area contributed by atoms with E-state index in [1.54, 1.807) is 24.3 Å². The molecule has 3 atom stereocenters. The zero-order valence-corrected chi connectivity index (χ0v) is 12.6. The third-order valence-electron chi connectivity index (χ3n) is 3.35. The molecule has 0 amide bonds. The van der Waals surface area contributed by atoms with Crippen LogP contribution in [0.5, 0.6) is 5.75 Å². The number of sulfone groups is 1. The number of benzene rings is 1. The topological polar surface area (TPSA) is 78.6 Å². The van der Waals surface area contributed by atoms with Crippen molar-refractivity contribution in [2.75, 3.05) is 12.9 Å². The fraction of sp³-hybridized carbons (Fsp3) is 0.571. The molecule has 0 spiro atoms. The van der Waals surface area contributed by atoms with Gasteiger partial charge in [0.1, 0.15) is 18.0 Å². The second kappa shape index (κ2) is 6.11. The summed E-state index contributed by atoms with van der Waals surface area (Å²) in [7, 11) is -3.17. The second-order valence-electron chi connectivity index (χ2n) is 5.13. The van der Waals surface area contributed by atoms with E-state index < -0.39 is 9.84 Å². The lowest BCUT2D eigenvalue weighted by atomic mass is 9.86. The molecule has 2 N–H and O–H groups in total. The number of rotatable bonds is 6. The highest BCUT2D eigenvalue weighted by atomic mass is 32.2. The summed E-state index contributed by atoms with van der Waals surface area (Å²) in [5, 5.41) is 0. The molecule has 0 radical (unpaired) electrons. The van der Waals surface area contributed by atoms with E-state index in [0.717, 1.165) is 12.8 Å². The van der Waals surface area contributed by atoms with Gasteiger partial charge in [-0.2, -0.15) is 0 Å². The average Bonchev–Trinajstić information content (AvgIpc) is 2.38. The van der Waals surface area contributed by atoms with Crippen LogP contribution in [0, 0.1) is 0 Å². The van der Waals surface area contributed by atoms with Crippen molar-refractivity contribution in [2.24, 2.45) is 5.73 Å². The van der Waals surface area contributed by atoms with E-state index in [0.29, 0.717) is 12.4 Å². The smallest absolute Gasteiger partial charge is 0.175 e.